The minimum atomic E-state index is 0.0280. The van der Waals surface area contributed by atoms with Gasteiger partial charge in [0.05, 0.1) is 12.2 Å². The fourth-order valence-corrected chi connectivity index (χ4v) is 4.06. The van der Waals surface area contributed by atoms with Gasteiger partial charge < -0.3 is 9.80 Å². The highest BCUT2D eigenvalue weighted by Gasteiger charge is 2.45. The molecule has 0 bridgehead atoms. The van der Waals surface area contributed by atoms with Gasteiger partial charge in [-0.25, -0.2) is 0 Å². The number of amides is 1. The number of carbonyl (C=O) groups is 1. The van der Waals surface area contributed by atoms with E-state index in [2.05, 4.69) is 50.0 Å². The molecule has 21 heavy (non-hydrogen) atoms. The maximum Gasteiger partial charge on any atom is 0.241 e. The van der Waals surface area contributed by atoms with Crippen LogP contribution in [0.4, 0.5) is 0 Å². The molecule has 4 nitrogen and oxygen atoms in total. The lowest BCUT2D eigenvalue weighted by molar-refractivity contribution is -0.133. The molecule has 2 rings (SSSR count). The van der Waals surface area contributed by atoms with Crippen molar-refractivity contribution in [2.24, 2.45) is 11.8 Å². The van der Waals surface area contributed by atoms with Gasteiger partial charge in [0.25, 0.3) is 0 Å². The van der Waals surface area contributed by atoms with E-state index in [4.69, 9.17) is 0 Å². The van der Waals surface area contributed by atoms with Crippen molar-refractivity contribution in [3.63, 3.8) is 0 Å². The second-order valence-electron chi connectivity index (χ2n) is 7.69. The van der Waals surface area contributed by atoms with Crippen LogP contribution in [0.25, 0.3) is 0 Å². The number of rotatable bonds is 6. The molecule has 0 spiro atoms. The molecule has 1 aliphatic heterocycles. The summed E-state index contributed by atoms with van der Waals surface area (Å²) in [6, 6.07) is 0.308. The van der Waals surface area contributed by atoms with Crippen molar-refractivity contribution in [1.29, 1.82) is 0 Å². The Kier molecular flexibility index (Phi) is 5.67. The smallest absolute Gasteiger partial charge is 0.241 e. The Hall–Kier alpha value is -0.610. The van der Waals surface area contributed by atoms with Gasteiger partial charge in [0.1, 0.15) is 0 Å². The Morgan fingerprint density at radius 1 is 1.24 bits per heavy atom. The molecule has 4 heteroatoms. The predicted molar refractivity (Wildman–Crippen MR) is 87.0 cm³/mol. The van der Waals surface area contributed by atoms with Gasteiger partial charge in [0.15, 0.2) is 0 Å². The van der Waals surface area contributed by atoms with E-state index >= 15 is 0 Å². The van der Waals surface area contributed by atoms with Crippen molar-refractivity contribution in [3.8, 4) is 0 Å². The standard InChI is InChI=1S/C17H33N3O/c1-12(2)10-15-17(21)20(13(3)11-19(4)5)16(18-15)14-8-6-7-9-14/h12-16,18H,6-11H2,1-5H3. The van der Waals surface area contributed by atoms with E-state index in [1.165, 1.54) is 25.7 Å². The summed E-state index contributed by atoms with van der Waals surface area (Å²) in [5.74, 6) is 1.53. The lowest BCUT2D eigenvalue weighted by atomic mass is 10.0. The molecule has 0 aromatic rings. The lowest BCUT2D eigenvalue weighted by Crippen LogP contribution is -2.50. The molecule has 1 saturated carbocycles. The van der Waals surface area contributed by atoms with Crippen molar-refractivity contribution >= 4 is 5.91 Å². The van der Waals surface area contributed by atoms with Crippen LogP contribution >= 0.6 is 0 Å². The summed E-state index contributed by atoms with van der Waals surface area (Å²) in [4.78, 5) is 17.2. The molecule has 1 heterocycles. The Morgan fingerprint density at radius 2 is 1.86 bits per heavy atom. The molecule has 3 atom stereocenters. The SMILES string of the molecule is CC(C)CC1NC(C2CCCC2)N(C(C)CN(C)C)C1=O. The molecule has 1 aliphatic carbocycles. The first kappa shape index (κ1) is 16.8. The minimum Gasteiger partial charge on any atom is -0.322 e. The molecule has 2 fully saturated rings. The van der Waals surface area contributed by atoms with E-state index in [1.54, 1.807) is 0 Å². The monoisotopic (exact) mass is 295 g/mol. The highest BCUT2D eigenvalue weighted by molar-refractivity contribution is 5.84. The maximum atomic E-state index is 12.9. The fraction of sp³-hybridized carbons (Fsp3) is 0.941. The highest BCUT2D eigenvalue weighted by Crippen LogP contribution is 2.33. The fourth-order valence-electron chi connectivity index (χ4n) is 4.06. The summed E-state index contributed by atoms with van der Waals surface area (Å²) in [6.45, 7) is 7.53. The number of hydrogen-bond donors (Lipinski definition) is 1. The second-order valence-corrected chi connectivity index (χ2v) is 7.69. The first-order valence-electron chi connectivity index (χ1n) is 8.63. The van der Waals surface area contributed by atoms with Gasteiger partial charge in [-0.3, -0.25) is 10.1 Å². The lowest BCUT2D eigenvalue weighted by Gasteiger charge is -2.35. The molecule has 3 unspecified atom stereocenters. The average Bonchev–Trinajstić information content (AvgIpc) is 2.96. The van der Waals surface area contributed by atoms with Crippen LogP contribution in [0.15, 0.2) is 0 Å². The van der Waals surface area contributed by atoms with E-state index in [1.807, 2.05) is 0 Å². The first-order valence-corrected chi connectivity index (χ1v) is 8.63. The van der Waals surface area contributed by atoms with E-state index in [0.717, 1.165) is 13.0 Å². The van der Waals surface area contributed by atoms with E-state index in [9.17, 15) is 4.79 Å². The third-order valence-electron chi connectivity index (χ3n) is 4.88. The topological polar surface area (TPSA) is 35.6 Å². The molecule has 1 N–H and O–H groups in total. The number of carbonyl (C=O) groups excluding carboxylic acids is 1. The van der Waals surface area contributed by atoms with E-state index in [0.29, 0.717) is 17.7 Å². The number of nitrogens with one attached hydrogen (secondary N) is 1. The van der Waals surface area contributed by atoms with Crippen molar-refractivity contribution in [3.05, 3.63) is 0 Å². The molecule has 122 valence electrons. The Bertz CT molecular complexity index is 350. The van der Waals surface area contributed by atoms with Crippen LogP contribution in [0.3, 0.4) is 0 Å². The summed E-state index contributed by atoms with van der Waals surface area (Å²) < 4.78 is 0. The van der Waals surface area contributed by atoms with Crippen LogP contribution in [-0.2, 0) is 4.79 Å². The molecular weight excluding hydrogens is 262 g/mol. The molecular formula is C17H33N3O. The molecule has 0 aromatic heterocycles. The van der Waals surface area contributed by atoms with Gasteiger partial charge in [0, 0.05) is 12.6 Å². The Balaban J connectivity index is 2.12. The van der Waals surface area contributed by atoms with Crippen LogP contribution in [-0.4, -0.2) is 54.6 Å². The van der Waals surface area contributed by atoms with Gasteiger partial charge in [-0.2, -0.15) is 0 Å². The van der Waals surface area contributed by atoms with Crippen LogP contribution in [0.5, 0.6) is 0 Å². The van der Waals surface area contributed by atoms with Gasteiger partial charge in [-0.1, -0.05) is 26.7 Å². The van der Waals surface area contributed by atoms with Gasteiger partial charge >= 0.3 is 0 Å². The van der Waals surface area contributed by atoms with Gasteiger partial charge in [-0.15, -0.1) is 0 Å². The Labute approximate surface area is 130 Å². The normalized spacial score (nSPS) is 29.1. The molecule has 1 saturated heterocycles. The summed E-state index contributed by atoms with van der Waals surface area (Å²) in [7, 11) is 4.17. The summed E-state index contributed by atoms with van der Waals surface area (Å²) >= 11 is 0. The largest absolute Gasteiger partial charge is 0.322 e. The zero-order chi connectivity index (χ0) is 15.6. The molecule has 0 radical (unpaired) electrons. The zero-order valence-corrected chi connectivity index (χ0v) is 14.4. The number of likely N-dealkylation sites (N-methyl/N-ethyl adjacent to an activating group) is 1. The van der Waals surface area contributed by atoms with Crippen molar-refractivity contribution in [2.75, 3.05) is 20.6 Å². The predicted octanol–water partition coefficient (Wildman–Crippen LogP) is 2.30. The van der Waals surface area contributed by atoms with Crippen LogP contribution < -0.4 is 5.32 Å². The summed E-state index contributed by atoms with van der Waals surface area (Å²) in [6.07, 6.45) is 6.39. The third-order valence-corrected chi connectivity index (χ3v) is 4.88. The van der Waals surface area contributed by atoms with Crippen molar-refractivity contribution in [1.82, 2.24) is 15.1 Å². The molecule has 2 aliphatic rings. The second kappa shape index (κ2) is 7.10. The number of hydrogen-bond acceptors (Lipinski definition) is 3. The van der Waals surface area contributed by atoms with Crippen LogP contribution in [0, 0.1) is 11.8 Å². The number of nitrogens with zero attached hydrogens (tertiary/aromatic N) is 2. The quantitative estimate of drug-likeness (QED) is 0.817. The van der Waals surface area contributed by atoms with E-state index in [-0.39, 0.29) is 18.2 Å². The van der Waals surface area contributed by atoms with Crippen LogP contribution in [0.1, 0.15) is 52.9 Å². The molecule has 1 amide bonds. The summed E-state index contributed by atoms with van der Waals surface area (Å²) in [5, 5.41) is 3.68. The average molecular weight is 295 g/mol. The molecule has 0 aromatic carbocycles. The van der Waals surface area contributed by atoms with Crippen molar-refractivity contribution in [2.45, 2.75) is 71.1 Å². The highest BCUT2D eigenvalue weighted by atomic mass is 16.2. The third kappa shape index (κ3) is 3.98. The van der Waals surface area contributed by atoms with E-state index < -0.39 is 0 Å². The first-order chi connectivity index (χ1) is 9.90. The maximum absolute atomic E-state index is 12.9. The van der Waals surface area contributed by atoms with Crippen molar-refractivity contribution < 1.29 is 4.79 Å². The van der Waals surface area contributed by atoms with Gasteiger partial charge in [0.2, 0.25) is 5.91 Å². The zero-order valence-electron chi connectivity index (χ0n) is 14.4. The Morgan fingerprint density at radius 3 is 2.38 bits per heavy atom. The van der Waals surface area contributed by atoms with Crippen LogP contribution in [0.2, 0.25) is 0 Å². The summed E-state index contributed by atoms with van der Waals surface area (Å²) in [5.41, 5.74) is 0. The minimum absolute atomic E-state index is 0.0280. The van der Waals surface area contributed by atoms with Gasteiger partial charge in [-0.05, 0) is 52.1 Å².